The van der Waals surface area contributed by atoms with Crippen molar-refractivity contribution in [3.05, 3.63) is 90.0 Å². The zero-order valence-corrected chi connectivity index (χ0v) is 10.3. The molecule has 0 amide bonds. The van der Waals surface area contributed by atoms with E-state index >= 15 is 0 Å². The van der Waals surface area contributed by atoms with Gasteiger partial charge in [0.2, 0.25) is 0 Å². The van der Waals surface area contributed by atoms with E-state index in [1.807, 2.05) is 36.4 Å². The van der Waals surface area contributed by atoms with Crippen LogP contribution in [0.25, 0.3) is 18.2 Å². The third kappa shape index (κ3) is 3.33. The minimum atomic E-state index is 1.15. The first-order valence-corrected chi connectivity index (χ1v) is 6.01. The highest BCUT2D eigenvalue weighted by molar-refractivity contribution is 5.66. The number of benzene rings is 2. The summed E-state index contributed by atoms with van der Waals surface area (Å²) < 4.78 is 0. The molecule has 0 spiro atoms. The molecule has 0 saturated carbocycles. The fourth-order valence-electron chi connectivity index (χ4n) is 1.74. The molecule has 0 heteroatoms. The van der Waals surface area contributed by atoms with Crippen LogP contribution in [0.15, 0.2) is 73.3 Å². The summed E-state index contributed by atoms with van der Waals surface area (Å²) in [6, 6.07) is 18.5. The molecular formula is C18H16. The fraction of sp³-hybridized carbons (Fsp3) is 0. The van der Waals surface area contributed by atoms with Crippen molar-refractivity contribution < 1.29 is 0 Å². The molecule has 2 rings (SSSR count). The van der Waals surface area contributed by atoms with E-state index in [0.29, 0.717) is 0 Å². The van der Waals surface area contributed by atoms with Crippen LogP contribution < -0.4 is 0 Å². The highest BCUT2D eigenvalue weighted by Gasteiger charge is 1.91. The largest absolute Gasteiger partial charge is 0.0984 e. The molecule has 0 bridgehead atoms. The van der Waals surface area contributed by atoms with Crippen molar-refractivity contribution in [2.24, 2.45) is 0 Å². The van der Waals surface area contributed by atoms with Gasteiger partial charge in [-0.2, -0.15) is 0 Å². The Labute approximate surface area is 109 Å². The third-order valence-corrected chi connectivity index (χ3v) is 2.69. The van der Waals surface area contributed by atoms with Gasteiger partial charge in [0.05, 0.1) is 0 Å². The van der Waals surface area contributed by atoms with E-state index in [-0.39, 0.29) is 0 Å². The molecule has 0 heterocycles. The first kappa shape index (κ1) is 12.1. The van der Waals surface area contributed by atoms with E-state index < -0.39 is 0 Å². The van der Waals surface area contributed by atoms with E-state index in [0.717, 1.165) is 5.56 Å². The van der Waals surface area contributed by atoms with Crippen LogP contribution in [0.5, 0.6) is 0 Å². The zero-order valence-electron chi connectivity index (χ0n) is 10.3. The maximum Gasteiger partial charge on any atom is -0.0184 e. The van der Waals surface area contributed by atoms with Crippen LogP contribution in [0.4, 0.5) is 0 Å². The standard InChI is InChI=1S/C18H16/c1-2-17-13-8-9-15-18(17)14-7-6-12-16-10-4-3-5-11-16/h2-15H,1H2/b12-6+,14-7?. The first-order valence-electron chi connectivity index (χ1n) is 6.01. The normalized spacial score (nSPS) is 11.1. The molecule has 88 valence electrons. The van der Waals surface area contributed by atoms with Gasteiger partial charge in [0.1, 0.15) is 0 Å². The Morgan fingerprint density at radius 3 is 2.00 bits per heavy atom. The highest BCUT2D eigenvalue weighted by atomic mass is 14.0. The summed E-state index contributed by atoms with van der Waals surface area (Å²) in [4.78, 5) is 0. The second kappa shape index (κ2) is 6.41. The van der Waals surface area contributed by atoms with Gasteiger partial charge in [-0.1, -0.05) is 91.6 Å². The molecule has 0 nitrogen and oxygen atoms in total. The van der Waals surface area contributed by atoms with Gasteiger partial charge in [-0.3, -0.25) is 0 Å². The predicted octanol–water partition coefficient (Wildman–Crippen LogP) is 5.06. The van der Waals surface area contributed by atoms with Crippen molar-refractivity contribution in [1.29, 1.82) is 0 Å². The Morgan fingerprint density at radius 2 is 1.28 bits per heavy atom. The maximum atomic E-state index is 3.82. The van der Waals surface area contributed by atoms with Crippen molar-refractivity contribution in [3.63, 3.8) is 0 Å². The molecule has 18 heavy (non-hydrogen) atoms. The van der Waals surface area contributed by atoms with Crippen LogP contribution in [0.3, 0.4) is 0 Å². The smallest absolute Gasteiger partial charge is 0.0184 e. The summed E-state index contributed by atoms with van der Waals surface area (Å²) in [5.41, 5.74) is 3.55. The van der Waals surface area contributed by atoms with Crippen LogP contribution >= 0.6 is 0 Å². The van der Waals surface area contributed by atoms with Crippen LogP contribution in [0, 0.1) is 0 Å². The lowest BCUT2D eigenvalue weighted by molar-refractivity contribution is 1.61. The number of hydrogen-bond donors (Lipinski definition) is 0. The van der Waals surface area contributed by atoms with Crippen LogP contribution in [-0.2, 0) is 0 Å². The quantitative estimate of drug-likeness (QED) is 0.647. The summed E-state index contributed by atoms with van der Waals surface area (Å²) in [6.07, 6.45) is 10.2. The molecule has 0 aliphatic heterocycles. The molecule has 0 aliphatic rings. The molecule has 0 unspecified atom stereocenters. The van der Waals surface area contributed by atoms with Crippen LogP contribution in [0.1, 0.15) is 16.7 Å². The van der Waals surface area contributed by atoms with Crippen LogP contribution in [0.2, 0.25) is 0 Å². The molecule has 2 aromatic carbocycles. The summed E-state index contributed by atoms with van der Waals surface area (Å²) in [6.45, 7) is 3.82. The van der Waals surface area contributed by atoms with Gasteiger partial charge in [-0.25, -0.2) is 0 Å². The van der Waals surface area contributed by atoms with Crippen molar-refractivity contribution in [1.82, 2.24) is 0 Å². The lowest BCUT2D eigenvalue weighted by Crippen LogP contribution is -1.77. The molecule has 0 saturated heterocycles. The Balaban J connectivity index is 2.08. The van der Waals surface area contributed by atoms with Gasteiger partial charge < -0.3 is 0 Å². The van der Waals surface area contributed by atoms with Gasteiger partial charge in [0.25, 0.3) is 0 Å². The molecule has 0 radical (unpaired) electrons. The van der Waals surface area contributed by atoms with E-state index in [4.69, 9.17) is 0 Å². The van der Waals surface area contributed by atoms with E-state index in [9.17, 15) is 0 Å². The summed E-state index contributed by atoms with van der Waals surface area (Å²) in [5.74, 6) is 0. The molecule has 0 aliphatic carbocycles. The van der Waals surface area contributed by atoms with Gasteiger partial charge in [0.15, 0.2) is 0 Å². The van der Waals surface area contributed by atoms with Gasteiger partial charge >= 0.3 is 0 Å². The topological polar surface area (TPSA) is 0 Å². The predicted molar refractivity (Wildman–Crippen MR) is 81.0 cm³/mol. The number of allylic oxidation sites excluding steroid dienone is 2. The Bertz CT molecular complexity index is 560. The van der Waals surface area contributed by atoms with Gasteiger partial charge in [-0.05, 0) is 16.7 Å². The molecular weight excluding hydrogens is 216 g/mol. The average molecular weight is 232 g/mol. The number of rotatable bonds is 4. The second-order valence-electron chi connectivity index (χ2n) is 3.96. The Kier molecular flexibility index (Phi) is 4.32. The average Bonchev–Trinajstić information content (AvgIpc) is 2.45. The molecule has 0 N–H and O–H groups in total. The van der Waals surface area contributed by atoms with Crippen LogP contribution in [-0.4, -0.2) is 0 Å². The lowest BCUT2D eigenvalue weighted by atomic mass is 10.1. The first-order chi connectivity index (χ1) is 8.90. The van der Waals surface area contributed by atoms with Gasteiger partial charge in [-0.15, -0.1) is 0 Å². The fourth-order valence-corrected chi connectivity index (χ4v) is 1.74. The SMILES string of the molecule is C=Cc1ccccc1C=C/C=C/c1ccccc1. The van der Waals surface area contributed by atoms with Crippen molar-refractivity contribution in [3.8, 4) is 0 Å². The van der Waals surface area contributed by atoms with Crippen molar-refractivity contribution in [2.75, 3.05) is 0 Å². The summed E-state index contributed by atoms with van der Waals surface area (Å²) in [7, 11) is 0. The molecule has 0 atom stereocenters. The van der Waals surface area contributed by atoms with E-state index in [1.54, 1.807) is 0 Å². The summed E-state index contributed by atoms with van der Waals surface area (Å²) >= 11 is 0. The van der Waals surface area contributed by atoms with Crippen molar-refractivity contribution >= 4 is 18.2 Å². The Morgan fingerprint density at radius 1 is 0.667 bits per heavy atom. The Hall–Kier alpha value is -2.34. The molecule has 2 aromatic rings. The minimum Gasteiger partial charge on any atom is -0.0984 e. The second-order valence-corrected chi connectivity index (χ2v) is 3.96. The molecule has 0 aromatic heterocycles. The third-order valence-electron chi connectivity index (χ3n) is 2.69. The zero-order chi connectivity index (χ0) is 12.6. The lowest BCUT2D eigenvalue weighted by Gasteiger charge is -1.98. The summed E-state index contributed by atoms with van der Waals surface area (Å²) in [5, 5.41) is 0. The maximum absolute atomic E-state index is 3.82. The monoisotopic (exact) mass is 232 g/mol. The molecule has 0 fully saturated rings. The van der Waals surface area contributed by atoms with Crippen molar-refractivity contribution in [2.45, 2.75) is 0 Å². The van der Waals surface area contributed by atoms with Gasteiger partial charge in [0, 0.05) is 0 Å². The minimum absolute atomic E-state index is 1.15. The highest BCUT2D eigenvalue weighted by Crippen LogP contribution is 2.12. The van der Waals surface area contributed by atoms with E-state index in [2.05, 4.69) is 55.1 Å². The van der Waals surface area contributed by atoms with E-state index in [1.165, 1.54) is 11.1 Å². The number of hydrogen-bond acceptors (Lipinski definition) is 0.